The zero-order chi connectivity index (χ0) is 25.6. The summed E-state index contributed by atoms with van der Waals surface area (Å²) in [5.41, 5.74) is 20.7. The number of aliphatic imine (C=N–C) groups is 1. The average molecular weight is 474 g/mol. The molecule has 0 rings (SSSR count). The van der Waals surface area contributed by atoms with Crippen LogP contribution >= 0.6 is 0 Å². The molecule has 0 aliphatic rings. The Bertz CT molecular complexity index is 768. The van der Waals surface area contributed by atoms with Crippen LogP contribution in [0.4, 0.5) is 0 Å². The van der Waals surface area contributed by atoms with Crippen LogP contribution < -0.4 is 38.9 Å². The number of rotatable bonds is 16. The van der Waals surface area contributed by atoms with Gasteiger partial charge in [-0.25, -0.2) is 4.79 Å². The van der Waals surface area contributed by atoms with Gasteiger partial charge in [0.05, 0.1) is 19.0 Å². The molecule has 0 radical (unpaired) electrons. The van der Waals surface area contributed by atoms with Gasteiger partial charge >= 0.3 is 11.9 Å². The molecule has 33 heavy (non-hydrogen) atoms. The number of hydrogen-bond acceptors (Lipinski definition) is 8. The van der Waals surface area contributed by atoms with E-state index in [1.165, 1.54) is 0 Å². The number of nitrogens with two attached hydrogens (primary N) is 4. The Morgan fingerprint density at radius 3 is 2.03 bits per heavy atom. The molecule has 0 spiro atoms. The summed E-state index contributed by atoms with van der Waals surface area (Å²) in [5, 5.41) is 24.8. The van der Waals surface area contributed by atoms with Crippen LogP contribution in [0.1, 0.15) is 32.1 Å². The van der Waals surface area contributed by atoms with E-state index in [0.717, 1.165) is 0 Å². The number of carboxylic acids is 2. The number of carbonyl (C=O) groups is 6. The highest BCUT2D eigenvalue weighted by atomic mass is 16.4. The van der Waals surface area contributed by atoms with Crippen molar-refractivity contribution >= 4 is 41.5 Å². The van der Waals surface area contributed by atoms with E-state index in [9.17, 15) is 33.9 Å². The molecular formula is C17H30N8O8. The second kappa shape index (κ2) is 15.0. The third-order valence-corrected chi connectivity index (χ3v) is 4.04. The summed E-state index contributed by atoms with van der Waals surface area (Å²) in [4.78, 5) is 73.1. The van der Waals surface area contributed by atoms with Gasteiger partial charge in [0, 0.05) is 13.0 Å². The van der Waals surface area contributed by atoms with Crippen LogP contribution in [0, 0.1) is 0 Å². The van der Waals surface area contributed by atoms with Crippen LogP contribution in [0.3, 0.4) is 0 Å². The Morgan fingerprint density at radius 2 is 1.52 bits per heavy atom. The molecule has 16 heteroatoms. The molecule has 4 amide bonds. The molecule has 0 aromatic rings. The largest absolute Gasteiger partial charge is 0.481 e. The summed E-state index contributed by atoms with van der Waals surface area (Å²) >= 11 is 0. The molecule has 3 unspecified atom stereocenters. The van der Waals surface area contributed by atoms with E-state index in [2.05, 4.69) is 20.9 Å². The highest BCUT2D eigenvalue weighted by Crippen LogP contribution is 2.03. The van der Waals surface area contributed by atoms with E-state index in [1.54, 1.807) is 0 Å². The fourth-order valence-electron chi connectivity index (χ4n) is 2.42. The first kappa shape index (κ1) is 29.1. The Morgan fingerprint density at radius 1 is 0.879 bits per heavy atom. The lowest BCUT2D eigenvalue weighted by atomic mass is 10.1. The number of primary amides is 1. The van der Waals surface area contributed by atoms with Crippen molar-refractivity contribution in [3.63, 3.8) is 0 Å². The van der Waals surface area contributed by atoms with Gasteiger partial charge in [0.1, 0.15) is 12.1 Å². The molecule has 0 aliphatic carbocycles. The summed E-state index contributed by atoms with van der Waals surface area (Å²) in [5.74, 6) is -6.26. The highest BCUT2D eigenvalue weighted by Gasteiger charge is 2.27. The van der Waals surface area contributed by atoms with Gasteiger partial charge in [-0.05, 0) is 19.3 Å². The van der Waals surface area contributed by atoms with E-state index in [1.807, 2.05) is 0 Å². The molecule has 0 heterocycles. The predicted molar refractivity (Wildman–Crippen MR) is 113 cm³/mol. The molecule has 16 nitrogen and oxygen atoms in total. The van der Waals surface area contributed by atoms with Gasteiger partial charge in [-0.1, -0.05) is 0 Å². The Balaban J connectivity index is 5.00. The lowest BCUT2D eigenvalue weighted by Crippen LogP contribution is -2.54. The van der Waals surface area contributed by atoms with Crippen LogP contribution in [0.5, 0.6) is 0 Å². The van der Waals surface area contributed by atoms with Gasteiger partial charge in [-0.15, -0.1) is 0 Å². The van der Waals surface area contributed by atoms with Gasteiger partial charge in [0.25, 0.3) is 0 Å². The second-order valence-electron chi connectivity index (χ2n) is 6.90. The SMILES string of the molecule is NC(=O)CC(N)C(=O)NCC(=O)NC(CCC(=O)O)C(=O)NC(CCCN=C(N)N)C(=O)O. The minimum atomic E-state index is -1.40. The number of carbonyl (C=O) groups excluding carboxylic acids is 4. The summed E-state index contributed by atoms with van der Waals surface area (Å²) in [7, 11) is 0. The maximum absolute atomic E-state index is 12.5. The third-order valence-electron chi connectivity index (χ3n) is 4.04. The molecule has 0 fully saturated rings. The van der Waals surface area contributed by atoms with Crippen LogP contribution in [0.25, 0.3) is 0 Å². The molecule has 0 saturated heterocycles. The molecule has 0 bridgehead atoms. The van der Waals surface area contributed by atoms with E-state index in [-0.39, 0.29) is 31.8 Å². The molecule has 13 N–H and O–H groups in total. The van der Waals surface area contributed by atoms with Crippen molar-refractivity contribution in [1.29, 1.82) is 0 Å². The molecule has 0 saturated carbocycles. The quantitative estimate of drug-likeness (QED) is 0.0581. The van der Waals surface area contributed by atoms with Crippen molar-refractivity contribution in [2.75, 3.05) is 13.1 Å². The number of amides is 4. The Labute approximate surface area is 188 Å². The molecule has 186 valence electrons. The topological polar surface area (TPSA) is 295 Å². The van der Waals surface area contributed by atoms with E-state index in [4.69, 9.17) is 28.0 Å². The van der Waals surface area contributed by atoms with Crippen molar-refractivity contribution < 1.29 is 39.0 Å². The van der Waals surface area contributed by atoms with Crippen molar-refractivity contribution in [2.24, 2.45) is 27.9 Å². The third kappa shape index (κ3) is 13.9. The molecule has 3 atom stereocenters. The fourth-order valence-corrected chi connectivity index (χ4v) is 2.42. The standard InChI is InChI=1S/C17H30N8O8/c18-8(6-11(19)26)14(30)23-7-12(27)24-9(3-4-13(28)29)15(31)25-10(16(32)33)2-1-5-22-17(20)21/h8-10H,1-7,18H2,(H2,19,26)(H,23,30)(H,24,27)(H,25,31)(H,28,29)(H,32,33)(H4,20,21,22). The number of nitrogens with zero attached hydrogens (tertiary/aromatic N) is 1. The van der Waals surface area contributed by atoms with Gasteiger partial charge in [-0.2, -0.15) is 0 Å². The maximum Gasteiger partial charge on any atom is 0.326 e. The van der Waals surface area contributed by atoms with Crippen molar-refractivity contribution in [3.8, 4) is 0 Å². The monoisotopic (exact) mass is 474 g/mol. The van der Waals surface area contributed by atoms with Crippen molar-refractivity contribution in [1.82, 2.24) is 16.0 Å². The molecular weight excluding hydrogens is 444 g/mol. The number of hydrogen-bond donors (Lipinski definition) is 9. The smallest absolute Gasteiger partial charge is 0.326 e. The normalized spacial score (nSPS) is 13.0. The van der Waals surface area contributed by atoms with Gasteiger partial charge in [-0.3, -0.25) is 29.0 Å². The van der Waals surface area contributed by atoms with E-state index in [0.29, 0.717) is 0 Å². The Kier molecular flexibility index (Phi) is 13.2. The summed E-state index contributed by atoms with van der Waals surface area (Å²) in [6, 6.07) is -4.02. The first-order valence-corrected chi connectivity index (χ1v) is 9.74. The number of nitrogens with one attached hydrogen (secondary N) is 3. The highest BCUT2D eigenvalue weighted by molar-refractivity contribution is 5.93. The zero-order valence-corrected chi connectivity index (χ0v) is 17.8. The number of aliphatic carboxylic acids is 2. The molecule has 0 aromatic heterocycles. The molecule has 0 aliphatic heterocycles. The van der Waals surface area contributed by atoms with Gasteiger partial charge in [0.15, 0.2) is 5.96 Å². The van der Waals surface area contributed by atoms with Crippen LogP contribution in [-0.2, 0) is 28.8 Å². The van der Waals surface area contributed by atoms with Crippen molar-refractivity contribution in [2.45, 2.75) is 50.2 Å². The lowest BCUT2D eigenvalue weighted by Gasteiger charge is -2.21. The van der Waals surface area contributed by atoms with E-state index < -0.39 is 73.1 Å². The van der Waals surface area contributed by atoms with Crippen LogP contribution in [0.15, 0.2) is 4.99 Å². The summed E-state index contributed by atoms with van der Waals surface area (Å²) in [6.45, 7) is -0.512. The lowest BCUT2D eigenvalue weighted by molar-refractivity contribution is -0.143. The zero-order valence-electron chi connectivity index (χ0n) is 17.8. The predicted octanol–water partition coefficient (Wildman–Crippen LogP) is -4.72. The minimum Gasteiger partial charge on any atom is -0.481 e. The van der Waals surface area contributed by atoms with Crippen LogP contribution in [0.2, 0.25) is 0 Å². The van der Waals surface area contributed by atoms with Crippen LogP contribution in [-0.4, -0.2) is 83.0 Å². The number of carboxylic acid groups (broad SMARTS) is 2. The van der Waals surface area contributed by atoms with Gasteiger partial charge in [0.2, 0.25) is 23.6 Å². The molecule has 0 aromatic carbocycles. The van der Waals surface area contributed by atoms with Crippen molar-refractivity contribution in [3.05, 3.63) is 0 Å². The summed E-state index contributed by atoms with van der Waals surface area (Å²) < 4.78 is 0. The van der Waals surface area contributed by atoms with E-state index >= 15 is 0 Å². The number of guanidine groups is 1. The minimum absolute atomic E-state index is 0.0364. The maximum atomic E-state index is 12.5. The average Bonchev–Trinajstić information content (AvgIpc) is 2.70. The fraction of sp³-hybridized carbons (Fsp3) is 0.588. The van der Waals surface area contributed by atoms with Gasteiger partial charge < -0.3 is 49.1 Å². The Hall–Kier alpha value is -3.95. The first-order valence-electron chi connectivity index (χ1n) is 9.74. The second-order valence-corrected chi connectivity index (χ2v) is 6.90. The summed E-state index contributed by atoms with van der Waals surface area (Å²) in [6.07, 6.45) is -1.11. The first-order chi connectivity index (χ1) is 15.3.